The van der Waals surface area contributed by atoms with Crippen LogP contribution < -0.4 is 0 Å². The molecule has 0 saturated heterocycles. The molecule has 1 fully saturated rings. The van der Waals surface area contributed by atoms with Gasteiger partial charge in [-0.2, -0.15) is 0 Å². The number of benzene rings is 1. The Labute approximate surface area is 169 Å². The normalized spacial score (nSPS) is 17.2. The van der Waals surface area contributed by atoms with Gasteiger partial charge >= 0.3 is 0 Å². The predicted molar refractivity (Wildman–Crippen MR) is 110 cm³/mol. The van der Waals surface area contributed by atoms with E-state index < -0.39 is 10.0 Å². The number of fused-ring (bicyclic) bond motifs is 3. The smallest absolute Gasteiger partial charge is 0.271 e. The topological polar surface area (TPSA) is 75.5 Å². The Morgan fingerprint density at radius 3 is 2.62 bits per heavy atom. The third kappa shape index (κ3) is 2.78. The first-order chi connectivity index (χ1) is 13.9. The molecule has 3 heterocycles. The Kier molecular flexibility index (Phi) is 4.04. The van der Waals surface area contributed by atoms with Crippen molar-refractivity contribution in [2.24, 2.45) is 0 Å². The second-order valence-corrected chi connectivity index (χ2v) is 9.94. The molecule has 0 atom stereocenters. The Hall–Kier alpha value is -2.71. The molecule has 0 N–H and O–H groups in total. The Bertz CT molecular complexity index is 1240. The van der Waals surface area contributed by atoms with Gasteiger partial charge in [0.15, 0.2) is 0 Å². The van der Waals surface area contributed by atoms with E-state index in [1.54, 1.807) is 24.4 Å². The third-order valence-corrected chi connectivity index (χ3v) is 7.55. The van der Waals surface area contributed by atoms with E-state index in [4.69, 9.17) is 0 Å². The van der Waals surface area contributed by atoms with Crippen molar-refractivity contribution >= 4 is 27.0 Å². The summed E-state index contributed by atoms with van der Waals surface area (Å²) in [6, 6.07) is 11.0. The van der Waals surface area contributed by atoms with Gasteiger partial charge in [0.1, 0.15) is 5.69 Å². The number of amides is 1. The molecule has 2 aliphatic rings. The minimum absolute atomic E-state index is 0.00706. The molecular formula is C21H22N4O3S. The molecule has 1 saturated carbocycles. The minimum atomic E-state index is -3.58. The number of aromatic nitrogens is 2. The third-order valence-electron chi connectivity index (χ3n) is 5.74. The van der Waals surface area contributed by atoms with E-state index in [2.05, 4.69) is 4.98 Å². The molecule has 1 aromatic carbocycles. The summed E-state index contributed by atoms with van der Waals surface area (Å²) >= 11 is 0. The van der Waals surface area contributed by atoms with Gasteiger partial charge in [0.25, 0.3) is 5.91 Å². The Morgan fingerprint density at radius 2 is 1.90 bits per heavy atom. The first kappa shape index (κ1) is 18.3. The maximum Gasteiger partial charge on any atom is 0.271 e. The van der Waals surface area contributed by atoms with Gasteiger partial charge in [-0.1, -0.05) is 12.1 Å². The van der Waals surface area contributed by atoms with Gasteiger partial charge in [-0.25, -0.2) is 12.7 Å². The standard InChI is InChI=1S/C21H22N4O3S/c1-23(2)29(27,28)16-6-3-5-14(13-16)18-19-17(7-4-10-22-19)25-12-11-24(15-8-9-15)21(26)20(18)25/h3-7,10,13,15H,8-9,11-12H2,1-2H3. The van der Waals surface area contributed by atoms with Crippen molar-refractivity contribution in [2.75, 3.05) is 20.6 Å². The molecule has 0 unspecified atom stereocenters. The second kappa shape index (κ2) is 6.40. The minimum Gasteiger partial charge on any atom is -0.333 e. The fraction of sp³-hybridized carbons (Fsp3) is 0.333. The van der Waals surface area contributed by atoms with E-state index in [1.807, 2.05) is 27.7 Å². The summed E-state index contributed by atoms with van der Waals surface area (Å²) in [5, 5.41) is 0. The van der Waals surface area contributed by atoms with Crippen molar-refractivity contribution in [1.82, 2.24) is 18.8 Å². The van der Waals surface area contributed by atoms with Crippen LogP contribution in [0.3, 0.4) is 0 Å². The van der Waals surface area contributed by atoms with Gasteiger partial charge in [-0.3, -0.25) is 9.78 Å². The van der Waals surface area contributed by atoms with Crippen LogP contribution in [-0.2, 0) is 16.6 Å². The lowest BCUT2D eigenvalue weighted by atomic mass is 10.0. The number of carbonyl (C=O) groups excluding carboxylic acids is 1. The van der Waals surface area contributed by atoms with Crippen LogP contribution in [0.1, 0.15) is 23.3 Å². The monoisotopic (exact) mass is 410 g/mol. The lowest BCUT2D eigenvalue weighted by Gasteiger charge is -2.29. The van der Waals surface area contributed by atoms with Gasteiger partial charge < -0.3 is 9.47 Å². The zero-order valence-corrected chi connectivity index (χ0v) is 17.2. The summed E-state index contributed by atoms with van der Waals surface area (Å²) < 4.78 is 28.5. The summed E-state index contributed by atoms with van der Waals surface area (Å²) in [6.45, 7) is 1.42. The highest BCUT2D eigenvalue weighted by Gasteiger charge is 2.39. The molecular weight excluding hydrogens is 388 g/mol. The summed E-state index contributed by atoms with van der Waals surface area (Å²) in [4.78, 5) is 20.1. The largest absolute Gasteiger partial charge is 0.333 e. The molecule has 7 nitrogen and oxygen atoms in total. The van der Waals surface area contributed by atoms with Crippen LogP contribution in [0, 0.1) is 0 Å². The maximum absolute atomic E-state index is 13.4. The van der Waals surface area contributed by atoms with Crippen molar-refractivity contribution in [2.45, 2.75) is 30.3 Å². The van der Waals surface area contributed by atoms with Crippen LogP contribution in [0.4, 0.5) is 0 Å². The molecule has 0 bridgehead atoms. The highest BCUT2D eigenvalue weighted by atomic mass is 32.2. The maximum atomic E-state index is 13.4. The molecule has 1 aliphatic carbocycles. The molecule has 8 heteroatoms. The van der Waals surface area contributed by atoms with E-state index in [-0.39, 0.29) is 10.8 Å². The van der Waals surface area contributed by atoms with Crippen LogP contribution in [0.25, 0.3) is 22.2 Å². The highest BCUT2D eigenvalue weighted by Crippen LogP contribution is 2.39. The highest BCUT2D eigenvalue weighted by molar-refractivity contribution is 7.89. The number of sulfonamides is 1. The van der Waals surface area contributed by atoms with Crippen LogP contribution >= 0.6 is 0 Å². The molecule has 2 aromatic heterocycles. The Morgan fingerprint density at radius 1 is 1.10 bits per heavy atom. The summed E-state index contributed by atoms with van der Waals surface area (Å²) in [7, 11) is -0.562. The van der Waals surface area contributed by atoms with Crippen molar-refractivity contribution < 1.29 is 13.2 Å². The lowest BCUT2D eigenvalue weighted by molar-refractivity contribution is 0.0694. The van der Waals surface area contributed by atoms with E-state index in [0.29, 0.717) is 29.4 Å². The van der Waals surface area contributed by atoms with Gasteiger partial charge in [-0.05, 0) is 42.7 Å². The first-order valence-electron chi connectivity index (χ1n) is 9.71. The Balaban J connectivity index is 1.75. The van der Waals surface area contributed by atoms with E-state index in [0.717, 1.165) is 30.4 Å². The molecule has 1 amide bonds. The molecule has 3 aromatic rings. The fourth-order valence-electron chi connectivity index (χ4n) is 4.11. The van der Waals surface area contributed by atoms with Crippen molar-refractivity contribution in [3.8, 4) is 11.1 Å². The van der Waals surface area contributed by atoms with Crippen LogP contribution in [0.15, 0.2) is 47.5 Å². The molecule has 29 heavy (non-hydrogen) atoms. The number of hydrogen-bond acceptors (Lipinski definition) is 4. The predicted octanol–water partition coefficient (Wildman–Crippen LogP) is 2.57. The second-order valence-electron chi connectivity index (χ2n) is 7.79. The summed E-state index contributed by atoms with van der Waals surface area (Å²) in [5.74, 6) is 0.00706. The van der Waals surface area contributed by atoms with Gasteiger partial charge in [-0.15, -0.1) is 0 Å². The molecule has 5 rings (SSSR count). The molecule has 0 spiro atoms. The summed E-state index contributed by atoms with van der Waals surface area (Å²) in [6.07, 6.45) is 3.81. The van der Waals surface area contributed by atoms with Gasteiger partial charge in [0.2, 0.25) is 10.0 Å². The van der Waals surface area contributed by atoms with Gasteiger partial charge in [0, 0.05) is 45.0 Å². The summed E-state index contributed by atoms with van der Waals surface area (Å²) in [5.41, 5.74) is 3.65. The zero-order chi connectivity index (χ0) is 20.3. The number of hydrogen-bond donors (Lipinski definition) is 0. The van der Waals surface area contributed by atoms with Gasteiger partial charge in [0.05, 0.1) is 15.9 Å². The average molecular weight is 410 g/mol. The van der Waals surface area contributed by atoms with Crippen molar-refractivity contribution in [3.05, 3.63) is 48.3 Å². The molecule has 150 valence electrons. The van der Waals surface area contributed by atoms with Crippen LogP contribution in [0.5, 0.6) is 0 Å². The van der Waals surface area contributed by atoms with E-state index >= 15 is 0 Å². The number of nitrogens with zero attached hydrogens (tertiary/aromatic N) is 4. The molecule has 0 radical (unpaired) electrons. The number of rotatable bonds is 4. The SMILES string of the molecule is CN(C)S(=O)(=O)c1cccc(-c2c3n(c4cccnc24)CCN(C2CC2)C3=O)c1. The van der Waals surface area contributed by atoms with Crippen molar-refractivity contribution in [1.29, 1.82) is 0 Å². The lowest BCUT2D eigenvalue weighted by Crippen LogP contribution is -2.41. The first-order valence-corrected chi connectivity index (χ1v) is 11.1. The van der Waals surface area contributed by atoms with E-state index in [1.165, 1.54) is 18.4 Å². The average Bonchev–Trinajstić information content (AvgIpc) is 3.49. The van der Waals surface area contributed by atoms with Crippen molar-refractivity contribution in [3.63, 3.8) is 0 Å². The van der Waals surface area contributed by atoms with Crippen LogP contribution in [-0.4, -0.2) is 59.8 Å². The number of pyridine rings is 1. The van der Waals surface area contributed by atoms with E-state index in [9.17, 15) is 13.2 Å². The quantitative estimate of drug-likeness (QED) is 0.663. The zero-order valence-electron chi connectivity index (χ0n) is 16.4. The van der Waals surface area contributed by atoms with Crippen LogP contribution in [0.2, 0.25) is 0 Å². The fourth-order valence-corrected chi connectivity index (χ4v) is 5.05. The molecule has 1 aliphatic heterocycles. The number of carbonyl (C=O) groups is 1.